The fraction of sp³-hybridized carbons (Fsp3) is 0.688. The number of hydrogen-bond acceptors (Lipinski definition) is 3. The Morgan fingerprint density at radius 2 is 2.05 bits per heavy atom. The van der Waals surface area contributed by atoms with Crippen LogP contribution in [0.25, 0.3) is 0 Å². The molecule has 0 aliphatic rings. The Labute approximate surface area is 118 Å². The van der Waals surface area contributed by atoms with Crippen LogP contribution in [-0.2, 0) is 6.54 Å². The molecule has 0 saturated heterocycles. The highest BCUT2D eigenvalue weighted by atomic mass is 15.2. The summed E-state index contributed by atoms with van der Waals surface area (Å²) in [6.45, 7) is 11.9. The summed E-state index contributed by atoms with van der Waals surface area (Å²) in [7, 11) is 2.13. The lowest BCUT2D eigenvalue weighted by molar-refractivity contribution is 0.557. The largest absolute Gasteiger partial charge is 0.359 e. The monoisotopic (exact) mass is 263 g/mol. The Hall–Kier alpha value is -1.09. The third-order valence-electron chi connectivity index (χ3n) is 3.60. The molecule has 19 heavy (non-hydrogen) atoms. The molecule has 1 aromatic rings. The molecular formula is C16H29N3. The number of nitrogens with one attached hydrogen (secondary N) is 1. The molecule has 3 nitrogen and oxygen atoms in total. The molecule has 0 spiro atoms. The van der Waals surface area contributed by atoms with Gasteiger partial charge in [-0.25, -0.2) is 4.98 Å². The molecule has 0 fully saturated rings. The van der Waals surface area contributed by atoms with Crippen molar-refractivity contribution in [1.29, 1.82) is 0 Å². The molecule has 0 saturated carbocycles. The van der Waals surface area contributed by atoms with Crippen molar-refractivity contribution >= 4 is 5.82 Å². The van der Waals surface area contributed by atoms with Gasteiger partial charge in [-0.2, -0.15) is 0 Å². The number of aromatic nitrogens is 1. The van der Waals surface area contributed by atoms with Crippen LogP contribution in [0.1, 0.15) is 44.9 Å². The van der Waals surface area contributed by atoms with Gasteiger partial charge in [0.05, 0.1) is 0 Å². The molecule has 1 N–H and O–H groups in total. The molecule has 1 rings (SSSR count). The molecule has 1 aromatic heterocycles. The number of nitrogens with zero attached hydrogens (tertiary/aromatic N) is 2. The summed E-state index contributed by atoms with van der Waals surface area (Å²) < 4.78 is 0. The number of aryl methyl sites for hydroxylation is 1. The maximum Gasteiger partial charge on any atom is 0.128 e. The molecule has 0 aliphatic heterocycles. The summed E-state index contributed by atoms with van der Waals surface area (Å²) in [5.41, 5.74) is 2.44. The van der Waals surface area contributed by atoms with E-state index in [2.05, 4.69) is 57.1 Å². The zero-order chi connectivity index (χ0) is 14.3. The van der Waals surface area contributed by atoms with E-state index in [4.69, 9.17) is 4.98 Å². The Balaban J connectivity index is 2.64. The predicted octanol–water partition coefficient (Wildman–Crippen LogP) is 3.37. The molecule has 0 aliphatic carbocycles. The van der Waals surface area contributed by atoms with Crippen molar-refractivity contribution in [3.8, 4) is 0 Å². The predicted molar refractivity (Wildman–Crippen MR) is 83.7 cm³/mol. The van der Waals surface area contributed by atoms with Gasteiger partial charge in [0.2, 0.25) is 0 Å². The van der Waals surface area contributed by atoms with Gasteiger partial charge < -0.3 is 10.2 Å². The Morgan fingerprint density at radius 3 is 2.63 bits per heavy atom. The van der Waals surface area contributed by atoms with Gasteiger partial charge in [-0.05, 0) is 37.4 Å². The molecule has 0 aromatic carbocycles. The highest BCUT2D eigenvalue weighted by molar-refractivity contribution is 5.40. The van der Waals surface area contributed by atoms with E-state index in [-0.39, 0.29) is 0 Å². The maximum atomic E-state index is 4.73. The summed E-state index contributed by atoms with van der Waals surface area (Å²) in [4.78, 5) is 6.98. The van der Waals surface area contributed by atoms with Crippen molar-refractivity contribution in [2.45, 2.75) is 47.1 Å². The summed E-state index contributed by atoms with van der Waals surface area (Å²) in [6, 6.07) is 4.34. The first kappa shape index (κ1) is 16.0. The van der Waals surface area contributed by atoms with Gasteiger partial charge in [-0.3, -0.25) is 0 Å². The van der Waals surface area contributed by atoms with Crippen LogP contribution in [0.4, 0.5) is 5.82 Å². The topological polar surface area (TPSA) is 28.2 Å². The van der Waals surface area contributed by atoms with Crippen LogP contribution in [-0.4, -0.2) is 25.1 Å². The highest BCUT2D eigenvalue weighted by Crippen LogP contribution is 2.15. The number of hydrogen-bond donors (Lipinski definition) is 1. The molecule has 1 heterocycles. The van der Waals surface area contributed by atoms with E-state index in [1.807, 2.05) is 0 Å². The lowest BCUT2D eigenvalue weighted by Crippen LogP contribution is -2.25. The van der Waals surface area contributed by atoms with Crippen molar-refractivity contribution in [2.24, 2.45) is 5.92 Å². The lowest BCUT2D eigenvalue weighted by atomic mass is 10.1. The highest BCUT2D eigenvalue weighted by Gasteiger charge is 2.08. The number of anilines is 1. The van der Waals surface area contributed by atoms with E-state index in [1.165, 1.54) is 18.4 Å². The average Bonchev–Trinajstić information content (AvgIpc) is 2.40. The van der Waals surface area contributed by atoms with Gasteiger partial charge in [0.1, 0.15) is 5.82 Å². The van der Waals surface area contributed by atoms with Crippen molar-refractivity contribution in [3.63, 3.8) is 0 Å². The van der Waals surface area contributed by atoms with Gasteiger partial charge in [0, 0.05) is 25.8 Å². The Kier molecular flexibility index (Phi) is 6.85. The molecule has 0 bridgehead atoms. The number of rotatable bonds is 8. The van der Waals surface area contributed by atoms with E-state index < -0.39 is 0 Å². The van der Waals surface area contributed by atoms with E-state index in [0.717, 1.165) is 31.1 Å². The minimum Gasteiger partial charge on any atom is -0.359 e. The third-order valence-corrected chi connectivity index (χ3v) is 3.60. The zero-order valence-electron chi connectivity index (χ0n) is 13.2. The minimum atomic E-state index is 0.706. The van der Waals surface area contributed by atoms with Crippen LogP contribution in [0.15, 0.2) is 12.1 Å². The first-order chi connectivity index (χ1) is 9.08. The normalized spacial score (nSPS) is 12.5. The third kappa shape index (κ3) is 5.19. The van der Waals surface area contributed by atoms with Gasteiger partial charge in [-0.1, -0.05) is 33.3 Å². The summed E-state index contributed by atoms with van der Waals surface area (Å²) in [6.07, 6.45) is 2.38. The van der Waals surface area contributed by atoms with Crippen LogP contribution in [0.5, 0.6) is 0 Å². The fourth-order valence-electron chi connectivity index (χ4n) is 2.07. The Morgan fingerprint density at radius 1 is 1.32 bits per heavy atom. The summed E-state index contributed by atoms with van der Waals surface area (Å²) >= 11 is 0. The molecule has 0 amide bonds. The first-order valence-corrected chi connectivity index (χ1v) is 7.46. The van der Waals surface area contributed by atoms with Crippen LogP contribution in [0.3, 0.4) is 0 Å². The maximum absolute atomic E-state index is 4.73. The van der Waals surface area contributed by atoms with E-state index >= 15 is 0 Å². The smallest absolute Gasteiger partial charge is 0.128 e. The van der Waals surface area contributed by atoms with E-state index in [9.17, 15) is 0 Å². The Bertz CT molecular complexity index is 376. The van der Waals surface area contributed by atoms with Crippen molar-refractivity contribution in [2.75, 3.05) is 25.0 Å². The quantitative estimate of drug-likeness (QED) is 0.729. The average molecular weight is 263 g/mol. The lowest BCUT2D eigenvalue weighted by Gasteiger charge is -2.22. The molecule has 3 heteroatoms. The van der Waals surface area contributed by atoms with Crippen LogP contribution >= 0.6 is 0 Å². The van der Waals surface area contributed by atoms with Crippen LogP contribution in [0, 0.1) is 12.8 Å². The molecule has 1 atom stereocenters. The van der Waals surface area contributed by atoms with E-state index in [1.54, 1.807) is 0 Å². The second-order valence-corrected chi connectivity index (χ2v) is 5.48. The molecule has 0 radical (unpaired) electrons. The van der Waals surface area contributed by atoms with Gasteiger partial charge in [0.25, 0.3) is 0 Å². The molecular weight excluding hydrogens is 234 g/mol. The van der Waals surface area contributed by atoms with Crippen molar-refractivity contribution in [3.05, 3.63) is 23.4 Å². The first-order valence-electron chi connectivity index (χ1n) is 7.46. The standard InChI is InChI=1S/C16H29N3/c1-6-10-17-11-15-8-9-16(18-14(15)4)19(5)12-13(3)7-2/h8-9,13,17H,6-7,10-12H2,1-5H3. The molecule has 108 valence electrons. The van der Waals surface area contributed by atoms with Crippen LogP contribution < -0.4 is 10.2 Å². The van der Waals surface area contributed by atoms with Gasteiger partial charge in [-0.15, -0.1) is 0 Å². The van der Waals surface area contributed by atoms with Crippen molar-refractivity contribution < 1.29 is 0 Å². The van der Waals surface area contributed by atoms with Gasteiger partial charge in [0.15, 0.2) is 0 Å². The summed E-state index contributed by atoms with van der Waals surface area (Å²) in [5, 5.41) is 3.43. The minimum absolute atomic E-state index is 0.706. The zero-order valence-corrected chi connectivity index (χ0v) is 13.2. The van der Waals surface area contributed by atoms with E-state index in [0.29, 0.717) is 5.92 Å². The number of pyridine rings is 1. The SMILES string of the molecule is CCCNCc1ccc(N(C)CC(C)CC)nc1C. The van der Waals surface area contributed by atoms with Crippen molar-refractivity contribution in [1.82, 2.24) is 10.3 Å². The second-order valence-electron chi connectivity index (χ2n) is 5.48. The van der Waals surface area contributed by atoms with Gasteiger partial charge >= 0.3 is 0 Å². The second kappa shape index (κ2) is 8.16. The fourth-order valence-corrected chi connectivity index (χ4v) is 2.07. The van der Waals surface area contributed by atoms with Crippen LogP contribution in [0.2, 0.25) is 0 Å². The summed E-state index contributed by atoms with van der Waals surface area (Å²) in [5.74, 6) is 1.79. The molecule has 1 unspecified atom stereocenters.